The van der Waals surface area contributed by atoms with Crippen LogP contribution in [0.1, 0.15) is 29.0 Å². The van der Waals surface area contributed by atoms with Crippen LogP contribution in [0.3, 0.4) is 0 Å². The Hall–Kier alpha value is -1.80. The maximum atomic E-state index is 5.24. The Morgan fingerprint density at radius 3 is 2.40 bits per heavy atom. The Labute approximate surface area is 121 Å². The summed E-state index contributed by atoms with van der Waals surface area (Å²) in [6, 6.07) is 17.2. The van der Waals surface area contributed by atoms with Gasteiger partial charge in [-0.1, -0.05) is 42.0 Å². The first-order valence-corrected chi connectivity index (χ1v) is 7.09. The Bertz CT molecular complexity index is 533. The van der Waals surface area contributed by atoms with E-state index in [2.05, 4.69) is 48.6 Å². The van der Waals surface area contributed by atoms with Crippen LogP contribution >= 0.6 is 0 Å². The first kappa shape index (κ1) is 14.6. The highest BCUT2D eigenvalue weighted by Crippen LogP contribution is 2.29. The van der Waals surface area contributed by atoms with Gasteiger partial charge in [-0.3, -0.25) is 0 Å². The number of aryl methyl sites for hydroxylation is 1. The van der Waals surface area contributed by atoms with E-state index in [1.165, 1.54) is 16.7 Å². The molecule has 0 bridgehead atoms. The number of methoxy groups -OCH3 is 1. The minimum atomic E-state index is 0.424. The summed E-state index contributed by atoms with van der Waals surface area (Å²) >= 11 is 0. The summed E-state index contributed by atoms with van der Waals surface area (Å²) in [4.78, 5) is 0. The maximum Gasteiger partial charge on any atom is 0.118 e. The molecule has 0 saturated carbocycles. The molecule has 2 nitrogen and oxygen atoms in total. The third-order valence-electron chi connectivity index (χ3n) is 3.65. The van der Waals surface area contributed by atoms with Crippen LogP contribution in [-0.4, -0.2) is 20.7 Å². The van der Waals surface area contributed by atoms with Crippen molar-refractivity contribution < 1.29 is 4.74 Å². The minimum Gasteiger partial charge on any atom is -0.497 e. The first-order chi connectivity index (χ1) is 9.74. The average Bonchev–Trinajstić information content (AvgIpc) is 2.48. The van der Waals surface area contributed by atoms with Gasteiger partial charge < -0.3 is 10.1 Å². The van der Waals surface area contributed by atoms with Crippen molar-refractivity contribution in [2.75, 3.05) is 20.7 Å². The Morgan fingerprint density at radius 2 is 1.80 bits per heavy atom. The molecule has 2 aromatic rings. The van der Waals surface area contributed by atoms with E-state index in [0.717, 1.165) is 18.7 Å². The summed E-state index contributed by atoms with van der Waals surface area (Å²) in [5, 5.41) is 3.25. The topological polar surface area (TPSA) is 21.3 Å². The minimum absolute atomic E-state index is 0.424. The summed E-state index contributed by atoms with van der Waals surface area (Å²) in [6.07, 6.45) is 1.09. The van der Waals surface area contributed by atoms with Gasteiger partial charge in [0.1, 0.15) is 5.75 Å². The lowest BCUT2D eigenvalue weighted by molar-refractivity contribution is 0.414. The third-order valence-corrected chi connectivity index (χ3v) is 3.65. The molecule has 0 fully saturated rings. The summed E-state index contributed by atoms with van der Waals surface area (Å²) in [6.45, 7) is 3.15. The molecule has 1 atom stereocenters. The van der Waals surface area contributed by atoms with Gasteiger partial charge in [0, 0.05) is 5.92 Å². The van der Waals surface area contributed by atoms with Gasteiger partial charge in [-0.25, -0.2) is 0 Å². The number of nitrogens with one attached hydrogen (secondary N) is 1. The number of ether oxygens (including phenoxy) is 1. The second-order valence-electron chi connectivity index (χ2n) is 5.13. The molecule has 20 heavy (non-hydrogen) atoms. The zero-order valence-corrected chi connectivity index (χ0v) is 12.5. The number of rotatable bonds is 6. The van der Waals surface area contributed by atoms with E-state index < -0.39 is 0 Å². The van der Waals surface area contributed by atoms with Gasteiger partial charge in [0.2, 0.25) is 0 Å². The van der Waals surface area contributed by atoms with Crippen molar-refractivity contribution in [3.05, 3.63) is 65.2 Å². The number of hydrogen-bond donors (Lipinski definition) is 1. The van der Waals surface area contributed by atoms with Crippen molar-refractivity contribution in [1.82, 2.24) is 5.32 Å². The van der Waals surface area contributed by atoms with Crippen LogP contribution in [0, 0.1) is 6.92 Å². The third kappa shape index (κ3) is 3.61. The van der Waals surface area contributed by atoms with Crippen LogP contribution < -0.4 is 10.1 Å². The molecule has 0 spiro atoms. The molecule has 2 rings (SSSR count). The van der Waals surface area contributed by atoms with Crippen molar-refractivity contribution >= 4 is 0 Å². The van der Waals surface area contributed by atoms with E-state index in [-0.39, 0.29) is 0 Å². The average molecular weight is 269 g/mol. The van der Waals surface area contributed by atoms with Crippen LogP contribution in [0.2, 0.25) is 0 Å². The van der Waals surface area contributed by atoms with Crippen molar-refractivity contribution in [3.63, 3.8) is 0 Å². The van der Waals surface area contributed by atoms with Gasteiger partial charge in [-0.15, -0.1) is 0 Å². The molecule has 0 aliphatic carbocycles. The van der Waals surface area contributed by atoms with Crippen molar-refractivity contribution in [1.29, 1.82) is 0 Å². The van der Waals surface area contributed by atoms with Crippen LogP contribution in [0.15, 0.2) is 48.5 Å². The standard InChI is InChI=1S/C18H23NO/c1-14-5-4-6-16(13-14)18(11-12-19-2)15-7-9-17(20-3)10-8-15/h4-10,13,18-19H,11-12H2,1-3H3. The Balaban J connectivity index is 2.30. The summed E-state index contributed by atoms with van der Waals surface area (Å²) in [5.41, 5.74) is 4.03. The van der Waals surface area contributed by atoms with E-state index >= 15 is 0 Å². The molecule has 0 amide bonds. The monoisotopic (exact) mass is 269 g/mol. The summed E-state index contributed by atoms with van der Waals surface area (Å²) in [7, 11) is 3.70. The normalized spacial score (nSPS) is 12.2. The fraction of sp³-hybridized carbons (Fsp3) is 0.333. The molecule has 1 N–H and O–H groups in total. The zero-order valence-electron chi connectivity index (χ0n) is 12.5. The van der Waals surface area contributed by atoms with Crippen LogP contribution in [0.5, 0.6) is 5.75 Å². The van der Waals surface area contributed by atoms with Gasteiger partial charge in [-0.05, 0) is 50.2 Å². The molecule has 0 saturated heterocycles. The van der Waals surface area contributed by atoms with E-state index in [9.17, 15) is 0 Å². The first-order valence-electron chi connectivity index (χ1n) is 7.09. The second kappa shape index (κ2) is 7.11. The molecule has 0 aliphatic heterocycles. The molecule has 0 heterocycles. The molecule has 0 aliphatic rings. The van der Waals surface area contributed by atoms with Crippen molar-refractivity contribution in [2.45, 2.75) is 19.3 Å². The SMILES string of the molecule is CNCCC(c1ccc(OC)cc1)c1cccc(C)c1. The molecular weight excluding hydrogens is 246 g/mol. The highest BCUT2D eigenvalue weighted by Gasteiger charge is 2.14. The van der Waals surface area contributed by atoms with Gasteiger partial charge in [0.15, 0.2) is 0 Å². The van der Waals surface area contributed by atoms with E-state index in [0.29, 0.717) is 5.92 Å². The lowest BCUT2D eigenvalue weighted by atomic mass is 9.88. The van der Waals surface area contributed by atoms with Gasteiger partial charge in [0.25, 0.3) is 0 Å². The lowest BCUT2D eigenvalue weighted by Gasteiger charge is -2.19. The molecule has 2 heteroatoms. The molecule has 0 radical (unpaired) electrons. The van der Waals surface area contributed by atoms with Crippen molar-refractivity contribution in [3.8, 4) is 5.75 Å². The van der Waals surface area contributed by atoms with Gasteiger partial charge in [0.05, 0.1) is 7.11 Å². The van der Waals surface area contributed by atoms with Crippen LogP contribution in [0.4, 0.5) is 0 Å². The van der Waals surface area contributed by atoms with E-state index in [1.807, 2.05) is 19.2 Å². The molecule has 106 valence electrons. The molecular formula is C18H23NO. The van der Waals surface area contributed by atoms with E-state index in [4.69, 9.17) is 4.74 Å². The summed E-state index contributed by atoms with van der Waals surface area (Å²) in [5.74, 6) is 1.33. The molecule has 2 aromatic carbocycles. The highest BCUT2D eigenvalue weighted by molar-refractivity contribution is 5.37. The second-order valence-corrected chi connectivity index (χ2v) is 5.13. The highest BCUT2D eigenvalue weighted by atomic mass is 16.5. The fourth-order valence-corrected chi connectivity index (χ4v) is 2.54. The quantitative estimate of drug-likeness (QED) is 0.862. The maximum absolute atomic E-state index is 5.24. The smallest absolute Gasteiger partial charge is 0.118 e. The lowest BCUT2D eigenvalue weighted by Crippen LogP contribution is -2.13. The molecule has 1 unspecified atom stereocenters. The largest absolute Gasteiger partial charge is 0.497 e. The van der Waals surface area contributed by atoms with Crippen LogP contribution in [0.25, 0.3) is 0 Å². The van der Waals surface area contributed by atoms with Crippen molar-refractivity contribution in [2.24, 2.45) is 0 Å². The van der Waals surface area contributed by atoms with E-state index in [1.54, 1.807) is 7.11 Å². The van der Waals surface area contributed by atoms with Gasteiger partial charge in [-0.2, -0.15) is 0 Å². The number of benzene rings is 2. The van der Waals surface area contributed by atoms with Crippen LogP contribution in [-0.2, 0) is 0 Å². The Kier molecular flexibility index (Phi) is 5.19. The predicted octanol–water partition coefficient (Wildman–Crippen LogP) is 3.75. The fourth-order valence-electron chi connectivity index (χ4n) is 2.54. The van der Waals surface area contributed by atoms with Gasteiger partial charge >= 0.3 is 0 Å². The molecule has 0 aromatic heterocycles. The Morgan fingerprint density at radius 1 is 1.05 bits per heavy atom. The number of hydrogen-bond acceptors (Lipinski definition) is 2. The zero-order chi connectivity index (χ0) is 14.4. The predicted molar refractivity (Wildman–Crippen MR) is 84.6 cm³/mol. The summed E-state index contributed by atoms with van der Waals surface area (Å²) < 4.78 is 5.24.